The Morgan fingerprint density at radius 2 is 2.16 bits per heavy atom. The zero-order chi connectivity index (χ0) is 17.6. The number of piperidine rings is 1. The van der Waals surface area contributed by atoms with Crippen molar-refractivity contribution in [1.82, 2.24) is 15.2 Å². The topological polar surface area (TPSA) is 78.6 Å². The van der Waals surface area contributed by atoms with Crippen LogP contribution in [0.5, 0.6) is 0 Å². The van der Waals surface area contributed by atoms with E-state index in [0.29, 0.717) is 24.6 Å². The third kappa shape index (κ3) is 4.39. The summed E-state index contributed by atoms with van der Waals surface area (Å²) in [4.78, 5) is 18.7. The molecule has 1 aromatic carbocycles. The molecule has 6 nitrogen and oxygen atoms in total. The maximum Gasteiger partial charge on any atom is 0.317 e. The number of aliphatic hydroxyl groups is 1. The highest BCUT2D eigenvalue weighted by molar-refractivity contribution is 5.74. The summed E-state index contributed by atoms with van der Waals surface area (Å²) >= 11 is 0. The number of benzene rings is 1. The van der Waals surface area contributed by atoms with Gasteiger partial charge in [0.1, 0.15) is 6.26 Å². The van der Waals surface area contributed by atoms with Crippen molar-refractivity contribution < 1.29 is 14.3 Å². The first-order valence-electron chi connectivity index (χ1n) is 8.84. The molecule has 2 N–H and O–H groups in total. The summed E-state index contributed by atoms with van der Waals surface area (Å²) in [6, 6.07) is 7.99. The molecule has 0 unspecified atom stereocenters. The molecule has 25 heavy (non-hydrogen) atoms. The first kappa shape index (κ1) is 17.5. The minimum Gasteiger partial charge on any atom is -0.444 e. The summed E-state index contributed by atoms with van der Waals surface area (Å²) in [7, 11) is 0. The molecular formula is C19H25N3O3. The second-order valence-corrected chi connectivity index (χ2v) is 6.52. The minimum atomic E-state index is -0.0990. The van der Waals surface area contributed by atoms with E-state index in [1.807, 2.05) is 36.1 Å². The Balaban J connectivity index is 1.58. The monoisotopic (exact) mass is 343 g/mol. The van der Waals surface area contributed by atoms with E-state index >= 15 is 0 Å². The van der Waals surface area contributed by atoms with Crippen LogP contribution in [0.2, 0.25) is 0 Å². The molecule has 134 valence electrons. The minimum absolute atomic E-state index is 0.0990. The molecule has 1 saturated heterocycles. The Labute approximate surface area is 147 Å². The number of aromatic nitrogens is 1. The summed E-state index contributed by atoms with van der Waals surface area (Å²) in [5.74, 6) is 0.556. The molecule has 2 aromatic rings. The van der Waals surface area contributed by atoms with Crippen LogP contribution in [0.1, 0.15) is 36.9 Å². The smallest absolute Gasteiger partial charge is 0.317 e. The SMILES string of the molecule is Cc1ccc(-c2nc(CNC(=O)N3CCCC[C@H]3CCO)co2)cc1. The Morgan fingerprint density at radius 3 is 2.92 bits per heavy atom. The van der Waals surface area contributed by atoms with Crippen LogP contribution in [0.25, 0.3) is 11.5 Å². The van der Waals surface area contributed by atoms with Crippen molar-refractivity contribution >= 4 is 6.03 Å². The Hall–Kier alpha value is -2.34. The van der Waals surface area contributed by atoms with Gasteiger partial charge in [-0.2, -0.15) is 0 Å². The van der Waals surface area contributed by atoms with Gasteiger partial charge in [-0.15, -0.1) is 0 Å². The van der Waals surface area contributed by atoms with Gasteiger partial charge in [0.05, 0.1) is 12.2 Å². The van der Waals surface area contributed by atoms with E-state index < -0.39 is 0 Å². The van der Waals surface area contributed by atoms with Gasteiger partial charge in [-0.05, 0) is 44.7 Å². The molecule has 2 heterocycles. The number of amides is 2. The largest absolute Gasteiger partial charge is 0.444 e. The highest BCUT2D eigenvalue weighted by atomic mass is 16.3. The van der Waals surface area contributed by atoms with E-state index in [9.17, 15) is 9.90 Å². The van der Waals surface area contributed by atoms with Crippen molar-refractivity contribution in [3.63, 3.8) is 0 Å². The van der Waals surface area contributed by atoms with Gasteiger partial charge in [-0.25, -0.2) is 9.78 Å². The Morgan fingerprint density at radius 1 is 1.36 bits per heavy atom. The van der Waals surface area contributed by atoms with Crippen molar-refractivity contribution in [3.8, 4) is 11.5 Å². The number of oxazole rings is 1. The van der Waals surface area contributed by atoms with Crippen molar-refractivity contribution in [2.75, 3.05) is 13.2 Å². The van der Waals surface area contributed by atoms with Crippen LogP contribution in [0.4, 0.5) is 4.79 Å². The molecule has 0 saturated carbocycles. The predicted molar refractivity (Wildman–Crippen MR) is 95.0 cm³/mol. The van der Waals surface area contributed by atoms with Gasteiger partial charge in [-0.1, -0.05) is 17.7 Å². The van der Waals surface area contributed by atoms with Crippen LogP contribution in [0, 0.1) is 6.92 Å². The van der Waals surface area contributed by atoms with Crippen molar-refractivity contribution in [1.29, 1.82) is 0 Å². The molecule has 6 heteroatoms. The first-order valence-corrected chi connectivity index (χ1v) is 8.84. The van der Waals surface area contributed by atoms with Crippen LogP contribution in [0.15, 0.2) is 34.9 Å². The molecule has 0 bridgehead atoms. The van der Waals surface area contributed by atoms with Crippen LogP contribution < -0.4 is 5.32 Å². The fraction of sp³-hybridized carbons (Fsp3) is 0.474. The third-order valence-electron chi connectivity index (χ3n) is 4.62. The number of aryl methyl sites for hydroxylation is 1. The van der Waals surface area contributed by atoms with Crippen LogP contribution in [-0.2, 0) is 6.54 Å². The maximum absolute atomic E-state index is 12.4. The second-order valence-electron chi connectivity index (χ2n) is 6.52. The van der Waals surface area contributed by atoms with E-state index in [-0.39, 0.29) is 18.7 Å². The number of carbonyl (C=O) groups is 1. The molecule has 1 aromatic heterocycles. The van der Waals surface area contributed by atoms with Gasteiger partial charge in [0, 0.05) is 24.8 Å². The number of aliphatic hydroxyl groups excluding tert-OH is 1. The number of hydrogen-bond donors (Lipinski definition) is 2. The van der Waals surface area contributed by atoms with E-state index in [0.717, 1.165) is 31.4 Å². The van der Waals surface area contributed by atoms with E-state index in [1.54, 1.807) is 6.26 Å². The quantitative estimate of drug-likeness (QED) is 0.874. The molecule has 1 aliphatic heterocycles. The number of carbonyl (C=O) groups excluding carboxylic acids is 1. The first-order chi connectivity index (χ1) is 12.2. The summed E-state index contributed by atoms with van der Waals surface area (Å²) in [6.45, 7) is 3.21. The third-order valence-corrected chi connectivity index (χ3v) is 4.62. The van der Waals surface area contributed by atoms with Gasteiger partial charge in [0.15, 0.2) is 0 Å². The summed E-state index contributed by atoms with van der Waals surface area (Å²) in [6.07, 6.45) is 5.29. The zero-order valence-electron chi connectivity index (χ0n) is 14.6. The summed E-state index contributed by atoms with van der Waals surface area (Å²) in [5.41, 5.74) is 2.80. The Kier molecular flexibility index (Phi) is 5.71. The number of nitrogens with one attached hydrogen (secondary N) is 1. The highest BCUT2D eigenvalue weighted by Gasteiger charge is 2.26. The van der Waals surface area contributed by atoms with Crippen LogP contribution in [-0.4, -0.2) is 40.2 Å². The molecule has 1 aliphatic rings. The molecular weight excluding hydrogens is 318 g/mol. The molecule has 0 spiro atoms. The van der Waals surface area contributed by atoms with Gasteiger partial charge < -0.3 is 19.7 Å². The fourth-order valence-corrected chi connectivity index (χ4v) is 3.20. The van der Waals surface area contributed by atoms with E-state index in [4.69, 9.17) is 4.42 Å². The lowest BCUT2D eigenvalue weighted by Crippen LogP contribution is -2.48. The lowest BCUT2D eigenvalue weighted by molar-refractivity contribution is 0.131. The van der Waals surface area contributed by atoms with Crippen LogP contribution >= 0.6 is 0 Å². The molecule has 3 rings (SSSR count). The van der Waals surface area contributed by atoms with Gasteiger partial charge in [-0.3, -0.25) is 0 Å². The molecule has 1 atom stereocenters. The average molecular weight is 343 g/mol. The van der Waals surface area contributed by atoms with Crippen molar-refractivity contribution in [2.45, 2.75) is 45.2 Å². The predicted octanol–water partition coefficient (Wildman–Crippen LogP) is 3.10. The standard InChI is InChI=1S/C19H25N3O3/c1-14-5-7-15(8-6-14)18-21-16(13-25-18)12-20-19(24)22-10-3-2-4-17(22)9-11-23/h5-8,13,17,23H,2-4,9-12H2,1H3,(H,20,24)/t17-/m0/s1. The number of urea groups is 1. The maximum atomic E-state index is 12.4. The molecule has 0 aliphatic carbocycles. The van der Waals surface area contributed by atoms with Gasteiger partial charge >= 0.3 is 6.03 Å². The Bertz CT molecular complexity index is 694. The van der Waals surface area contributed by atoms with Crippen molar-refractivity contribution in [3.05, 3.63) is 41.8 Å². The van der Waals surface area contributed by atoms with Crippen LogP contribution in [0.3, 0.4) is 0 Å². The van der Waals surface area contributed by atoms with Gasteiger partial charge in [0.25, 0.3) is 0 Å². The molecule has 1 fully saturated rings. The number of likely N-dealkylation sites (tertiary alicyclic amines) is 1. The normalized spacial score (nSPS) is 17.5. The summed E-state index contributed by atoms with van der Waals surface area (Å²) in [5, 5.41) is 12.1. The zero-order valence-corrected chi connectivity index (χ0v) is 14.6. The van der Waals surface area contributed by atoms with Gasteiger partial charge in [0.2, 0.25) is 5.89 Å². The van der Waals surface area contributed by atoms with E-state index in [2.05, 4.69) is 10.3 Å². The van der Waals surface area contributed by atoms with Crippen molar-refractivity contribution in [2.24, 2.45) is 0 Å². The molecule has 0 radical (unpaired) electrons. The highest BCUT2D eigenvalue weighted by Crippen LogP contribution is 2.21. The number of nitrogens with zero attached hydrogens (tertiary/aromatic N) is 2. The molecule has 2 amide bonds. The number of rotatable bonds is 5. The lowest BCUT2D eigenvalue weighted by Gasteiger charge is -2.35. The lowest BCUT2D eigenvalue weighted by atomic mass is 10.0. The average Bonchev–Trinajstić information content (AvgIpc) is 3.10. The summed E-state index contributed by atoms with van der Waals surface area (Å²) < 4.78 is 5.52. The number of hydrogen-bond acceptors (Lipinski definition) is 4. The van der Waals surface area contributed by atoms with E-state index in [1.165, 1.54) is 5.56 Å². The second kappa shape index (κ2) is 8.16. The fourth-order valence-electron chi connectivity index (χ4n) is 3.20.